The van der Waals surface area contributed by atoms with Gasteiger partial charge in [0.25, 0.3) is 5.91 Å². The molecule has 2 aromatic heterocycles. The van der Waals surface area contributed by atoms with Crippen molar-refractivity contribution in [1.29, 1.82) is 0 Å². The first-order valence-corrected chi connectivity index (χ1v) is 9.63. The number of hydrogen-bond acceptors (Lipinski definition) is 4. The molecule has 4 rings (SSSR count). The van der Waals surface area contributed by atoms with Crippen molar-refractivity contribution in [2.24, 2.45) is 5.41 Å². The number of carbonyl (C=O) groups excluding carboxylic acids is 2. The minimum Gasteiger partial charge on any atom is -0.454 e. The monoisotopic (exact) mass is 370 g/mol. The number of amides is 2. The number of nitrogens with zero attached hydrogens (tertiary/aromatic N) is 4. The number of piperidine rings is 1. The van der Waals surface area contributed by atoms with Gasteiger partial charge < -0.3 is 18.8 Å². The van der Waals surface area contributed by atoms with Crippen molar-refractivity contribution in [3.05, 3.63) is 42.4 Å². The van der Waals surface area contributed by atoms with Crippen LogP contribution in [0, 0.1) is 5.41 Å². The van der Waals surface area contributed by atoms with Gasteiger partial charge in [-0.25, -0.2) is 4.98 Å². The third kappa shape index (κ3) is 3.26. The Labute approximate surface area is 158 Å². The molecule has 7 heteroatoms. The molecule has 0 saturated carbocycles. The highest BCUT2D eigenvalue weighted by molar-refractivity contribution is 5.93. The molecule has 0 N–H and O–H groups in total. The standard InChI is InChI=1S/C20H26N4O3/c1-15(2)24-9-3-6-20(19(24)26)7-10-23(13-20)18(25)17-5-4-16(27-17)12-22-11-8-21-14-22/h4-5,8,11,14-15H,3,6-7,9-10,12-13H2,1-2H3/t20-/m1/s1. The maximum Gasteiger partial charge on any atom is 0.289 e. The smallest absolute Gasteiger partial charge is 0.289 e. The lowest BCUT2D eigenvalue weighted by Crippen LogP contribution is -2.52. The van der Waals surface area contributed by atoms with Crippen LogP contribution in [-0.4, -0.2) is 56.8 Å². The fourth-order valence-corrected chi connectivity index (χ4v) is 4.31. The molecule has 0 aliphatic carbocycles. The molecule has 7 nitrogen and oxygen atoms in total. The summed E-state index contributed by atoms with van der Waals surface area (Å²) in [4.78, 5) is 33.7. The Morgan fingerprint density at radius 1 is 1.30 bits per heavy atom. The molecule has 2 saturated heterocycles. The minimum atomic E-state index is -0.412. The lowest BCUT2D eigenvalue weighted by molar-refractivity contribution is -0.147. The van der Waals surface area contributed by atoms with Gasteiger partial charge in [0, 0.05) is 38.1 Å². The molecule has 1 spiro atoms. The Balaban J connectivity index is 1.45. The van der Waals surface area contributed by atoms with E-state index < -0.39 is 5.41 Å². The fraction of sp³-hybridized carbons (Fsp3) is 0.550. The predicted molar refractivity (Wildman–Crippen MR) is 99.1 cm³/mol. The largest absolute Gasteiger partial charge is 0.454 e. The van der Waals surface area contributed by atoms with E-state index in [1.54, 1.807) is 23.5 Å². The Morgan fingerprint density at radius 2 is 2.15 bits per heavy atom. The van der Waals surface area contributed by atoms with Crippen LogP contribution in [0.4, 0.5) is 0 Å². The fourth-order valence-electron chi connectivity index (χ4n) is 4.31. The van der Waals surface area contributed by atoms with Crippen molar-refractivity contribution >= 4 is 11.8 Å². The Bertz CT molecular complexity index is 826. The molecular weight excluding hydrogens is 344 g/mol. The Morgan fingerprint density at radius 3 is 2.89 bits per heavy atom. The SMILES string of the molecule is CC(C)N1CCC[C@]2(CCN(C(=O)c3ccc(Cn4ccnc4)o3)C2)C1=O. The third-order valence-electron chi connectivity index (χ3n) is 5.80. The lowest BCUT2D eigenvalue weighted by Gasteiger charge is -2.41. The molecule has 144 valence electrons. The number of hydrogen-bond donors (Lipinski definition) is 0. The van der Waals surface area contributed by atoms with Crippen LogP contribution in [0.15, 0.2) is 35.3 Å². The zero-order chi connectivity index (χ0) is 19.0. The molecule has 2 aliphatic heterocycles. The summed E-state index contributed by atoms with van der Waals surface area (Å²) in [7, 11) is 0. The van der Waals surface area contributed by atoms with Gasteiger partial charge in [-0.2, -0.15) is 0 Å². The average Bonchev–Trinajstić information content (AvgIpc) is 3.39. The molecule has 0 bridgehead atoms. The summed E-state index contributed by atoms with van der Waals surface area (Å²) < 4.78 is 7.65. The molecule has 4 heterocycles. The van der Waals surface area contributed by atoms with Crippen LogP contribution < -0.4 is 0 Å². The highest BCUT2D eigenvalue weighted by atomic mass is 16.4. The third-order valence-corrected chi connectivity index (χ3v) is 5.80. The lowest BCUT2D eigenvalue weighted by atomic mass is 9.78. The van der Waals surface area contributed by atoms with Crippen molar-refractivity contribution in [3.63, 3.8) is 0 Å². The molecule has 1 atom stereocenters. The van der Waals surface area contributed by atoms with E-state index in [0.717, 1.165) is 25.8 Å². The van der Waals surface area contributed by atoms with Crippen molar-refractivity contribution in [2.75, 3.05) is 19.6 Å². The van der Waals surface area contributed by atoms with Crippen LogP contribution in [-0.2, 0) is 11.3 Å². The zero-order valence-electron chi connectivity index (χ0n) is 15.9. The van der Waals surface area contributed by atoms with Crippen LogP contribution in [0.2, 0.25) is 0 Å². The second-order valence-electron chi connectivity index (χ2n) is 7.95. The van der Waals surface area contributed by atoms with E-state index in [1.165, 1.54) is 0 Å². The predicted octanol–water partition coefficient (Wildman–Crippen LogP) is 2.39. The number of imidazole rings is 1. The van der Waals surface area contributed by atoms with Gasteiger partial charge in [-0.1, -0.05) is 0 Å². The molecule has 0 unspecified atom stereocenters. The molecule has 0 aromatic carbocycles. The topological polar surface area (TPSA) is 71.6 Å². The first-order chi connectivity index (χ1) is 13.0. The van der Waals surface area contributed by atoms with Crippen LogP contribution in [0.3, 0.4) is 0 Å². The summed E-state index contributed by atoms with van der Waals surface area (Å²) in [5, 5.41) is 0. The zero-order valence-corrected chi connectivity index (χ0v) is 15.9. The van der Waals surface area contributed by atoms with Crippen LogP contribution >= 0.6 is 0 Å². The quantitative estimate of drug-likeness (QED) is 0.828. The second kappa shape index (κ2) is 6.87. The van der Waals surface area contributed by atoms with E-state index in [0.29, 0.717) is 31.2 Å². The maximum absolute atomic E-state index is 13.0. The van der Waals surface area contributed by atoms with Gasteiger partial charge in [0.1, 0.15) is 5.76 Å². The number of likely N-dealkylation sites (tertiary alicyclic amines) is 2. The van der Waals surface area contributed by atoms with Crippen LogP contribution in [0.25, 0.3) is 0 Å². The molecule has 2 aliphatic rings. The van der Waals surface area contributed by atoms with Gasteiger partial charge in [0.05, 0.1) is 18.3 Å². The summed E-state index contributed by atoms with van der Waals surface area (Å²) in [6, 6.07) is 3.75. The molecule has 2 aromatic rings. The van der Waals surface area contributed by atoms with Gasteiger partial charge >= 0.3 is 0 Å². The minimum absolute atomic E-state index is 0.127. The molecule has 2 fully saturated rings. The highest BCUT2D eigenvalue weighted by Crippen LogP contribution is 2.41. The summed E-state index contributed by atoms with van der Waals surface area (Å²) in [6.07, 6.45) is 7.88. The van der Waals surface area contributed by atoms with E-state index in [2.05, 4.69) is 18.8 Å². The summed E-state index contributed by atoms with van der Waals surface area (Å²) >= 11 is 0. The first-order valence-electron chi connectivity index (χ1n) is 9.63. The Kier molecular flexibility index (Phi) is 4.53. The van der Waals surface area contributed by atoms with E-state index in [1.807, 2.05) is 21.7 Å². The van der Waals surface area contributed by atoms with Crippen LogP contribution in [0.1, 0.15) is 49.4 Å². The van der Waals surface area contributed by atoms with Crippen molar-refractivity contribution in [2.45, 2.75) is 45.7 Å². The van der Waals surface area contributed by atoms with Gasteiger partial charge in [-0.15, -0.1) is 0 Å². The maximum atomic E-state index is 13.0. The number of furan rings is 1. The molecule has 2 amide bonds. The molecule has 27 heavy (non-hydrogen) atoms. The summed E-state index contributed by atoms with van der Waals surface area (Å²) in [5.74, 6) is 1.13. The van der Waals surface area contributed by atoms with E-state index >= 15 is 0 Å². The van der Waals surface area contributed by atoms with Gasteiger partial charge in [0.2, 0.25) is 5.91 Å². The van der Waals surface area contributed by atoms with Gasteiger partial charge in [-0.05, 0) is 45.2 Å². The van der Waals surface area contributed by atoms with Crippen molar-refractivity contribution < 1.29 is 14.0 Å². The van der Waals surface area contributed by atoms with E-state index in [-0.39, 0.29) is 17.9 Å². The van der Waals surface area contributed by atoms with Crippen molar-refractivity contribution in [3.8, 4) is 0 Å². The average molecular weight is 370 g/mol. The van der Waals surface area contributed by atoms with Gasteiger partial charge in [-0.3, -0.25) is 9.59 Å². The van der Waals surface area contributed by atoms with E-state index in [9.17, 15) is 9.59 Å². The number of rotatable bonds is 4. The molecule has 0 radical (unpaired) electrons. The van der Waals surface area contributed by atoms with Crippen molar-refractivity contribution in [1.82, 2.24) is 19.4 Å². The highest BCUT2D eigenvalue weighted by Gasteiger charge is 2.50. The van der Waals surface area contributed by atoms with Gasteiger partial charge in [0.15, 0.2) is 5.76 Å². The first kappa shape index (κ1) is 17.8. The van der Waals surface area contributed by atoms with Crippen LogP contribution in [0.5, 0.6) is 0 Å². The number of aromatic nitrogens is 2. The van der Waals surface area contributed by atoms with E-state index in [4.69, 9.17) is 4.42 Å². The number of carbonyl (C=O) groups is 2. The summed E-state index contributed by atoms with van der Waals surface area (Å²) in [6.45, 7) is 6.57. The molecular formula is C20H26N4O3. The Hall–Kier alpha value is -2.57. The summed E-state index contributed by atoms with van der Waals surface area (Å²) in [5.41, 5.74) is -0.412. The normalized spacial score (nSPS) is 23.0. The second-order valence-corrected chi connectivity index (χ2v) is 7.95.